The van der Waals surface area contributed by atoms with E-state index in [9.17, 15) is 23.1 Å². The van der Waals surface area contributed by atoms with Gasteiger partial charge in [-0.25, -0.2) is 4.79 Å². The third-order valence-corrected chi connectivity index (χ3v) is 5.72. The van der Waals surface area contributed by atoms with Crippen molar-refractivity contribution in [3.8, 4) is 5.75 Å². The number of phenolic OH excluding ortho intramolecular Hbond substituents is 1. The highest BCUT2D eigenvalue weighted by Crippen LogP contribution is 2.37. The van der Waals surface area contributed by atoms with E-state index >= 15 is 0 Å². The first-order valence-electron chi connectivity index (χ1n) is 9.60. The third kappa shape index (κ3) is 6.35. The fourth-order valence-electron chi connectivity index (χ4n) is 4.09. The molecule has 2 fully saturated rings. The maximum atomic E-state index is 12.5. The van der Waals surface area contributed by atoms with Crippen LogP contribution in [0.5, 0.6) is 5.75 Å². The molecule has 1 spiro atoms. The highest BCUT2D eigenvalue weighted by molar-refractivity contribution is 5.79. The number of carboxylic acid groups (broad SMARTS) is 1. The topological polar surface area (TPSA) is 81.1 Å². The predicted octanol–water partition coefficient (Wildman–Crippen LogP) is 3.04. The number of carboxylic acids is 1. The van der Waals surface area contributed by atoms with Crippen LogP contribution >= 0.6 is 0 Å². The molecule has 3 rings (SSSR count). The van der Waals surface area contributed by atoms with E-state index in [4.69, 9.17) is 9.90 Å². The smallest absolute Gasteiger partial charge is 0.490 e. The maximum absolute atomic E-state index is 12.5. The van der Waals surface area contributed by atoms with E-state index in [2.05, 4.69) is 11.9 Å². The zero-order valence-electron chi connectivity index (χ0n) is 16.4. The van der Waals surface area contributed by atoms with Crippen LogP contribution in [-0.4, -0.2) is 70.3 Å². The number of amides is 1. The van der Waals surface area contributed by atoms with E-state index < -0.39 is 12.1 Å². The van der Waals surface area contributed by atoms with Gasteiger partial charge in [0.15, 0.2) is 0 Å². The van der Waals surface area contributed by atoms with Crippen LogP contribution < -0.4 is 0 Å². The lowest BCUT2D eigenvalue weighted by Crippen LogP contribution is -2.42. The van der Waals surface area contributed by atoms with Gasteiger partial charge in [0.25, 0.3) is 0 Å². The van der Waals surface area contributed by atoms with E-state index in [1.807, 2.05) is 11.0 Å². The number of likely N-dealkylation sites (tertiary alicyclic amines) is 2. The Morgan fingerprint density at radius 3 is 2.24 bits per heavy atom. The summed E-state index contributed by atoms with van der Waals surface area (Å²) < 4.78 is 31.7. The van der Waals surface area contributed by atoms with Gasteiger partial charge in [-0.2, -0.15) is 13.2 Å². The molecule has 0 bridgehead atoms. The minimum absolute atomic E-state index is 0.184. The van der Waals surface area contributed by atoms with Gasteiger partial charge in [-0.1, -0.05) is 12.1 Å². The van der Waals surface area contributed by atoms with Crippen molar-refractivity contribution in [3.63, 3.8) is 0 Å². The molecule has 0 radical (unpaired) electrons. The molecule has 0 aliphatic carbocycles. The number of aliphatic carboxylic acids is 1. The molecule has 1 aromatic carbocycles. The largest absolute Gasteiger partial charge is 0.508 e. The van der Waals surface area contributed by atoms with Crippen LogP contribution in [0.2, 0.25) is 0 Å². The van der Waals surface area contributed by atoms with Gasteiger partial charge in [0.05, 0.1) is 6.42 Å². The van der Waals surface area contributed by atoms with Crippen molar-refractivity contribution in [3.05, 3.63) is 29.8 Å². The molecule has 1 aromatic rings. The van der Waals surface area contributed by atoms with E-state index in [0.717, 1.165) is 31.5 Å². The second-order valence-corrected chi connectivity index (χ2v) is 7.63. The summed E-state index contributed by atoms with van der Waals surface area (Å²) in [7, 11) is 2.23. The van der Waals surface area contributed by atoms with Crippen LogP contribution in [0, 0.1) is 0 Å². The molecule has 2 aliphatic rings. The van der Waals surface area contributed by atoms with Gasteiger partial charge < -0.3 is 20.0 Å². The van der Waals surface area contributed by atoms with Crippen LogP contribution in [0.15, 0.2) is 24.3 Å². The number of halogens is 3. The Hall–Kier alpha value is -2.29. The van der Waals surface area contributed by atoms with Gasteiger partial charge in [0.1, 0.15) is 5.75 Å². The number of nitrogens with zero attached hydrogens (tertiary/aromatic N) is 2. The van der Waals surface area contributed by atoms with E-state index in [0.29, 0.717) is 12.0 Å². The minimum Gasteiger partial charge on any atom is -0.508 e. The maximum Gasteiger partial charge on any atom is 0.490 e. The number of phenols is 1. The Morgan fingerprint density at radius 1 is 1.10 bits per heavy atom. The first kappa shape index (κ1) is 23.0. The van der Waals surface area contributed by atoms with Crippen molar-refractivity contribution < 1.29 is 33.0 Å². The number of benzene rings is 1. The summed E-state index contributed by atoms with van der Waals surface area (Å²) >= 11 is 0. The molecule has 2 aliphatic heterocycles. The number of carbonyl (C=O) groups excluding carboxylic acids is 1. The van der Waals surface area contributed by atoms with Gasteiger partial charge in [0, 0.05) is 18.6 Å². The Labute approximate surface area is 167 Å². The van der Waals surface area contributed by atoms with Crippen molar-refractivity contribution in [2.45, 2.75) is 50.2 Å². The van der Waals surface area contributed by atoms with Crippen molar-refractivity contribution >= 4 is 11.9 Å². The van der Waals surface area contributed by atoms with Crippen LogP contribution in [0.25, 0.3) is 0 Å². The van der Waals surface area contributed by atoms with E-state index in [1.54, 1.807) is 18.2 Å². The molecule has 0 saturated carbocycles. The number of hydrogen-bond acceptors (Lipinski definition) is 4. The van der Waals surface area contributed by atoms with Crippen LogP contribution in [0.1, 0.15) is 37.7 Å². The van der Waals surface area contributed by atoms with Gasteiger partial charge in [-0.3, -0.25) is 4.79 Å². The Kier molecular flexibility index (Phi) is 7.51. The summed E-state index contributed by atoms with van der Waals surface area (Å²) in [6.07, 6.45) is 1.26. The van der Waals surface area contributed by atoms with Crippen molar-refractivity contribution in [1.29, 1.82) is 0 Å². The second kappa shape index (κ2) is 9.47. The highest BCUT2D eigenvalue weighted by atomic mass is 19.4. The van der Waals surface area contributed by atoms with Crippen LogP contribution in [-0.2, 0) is 16.0 Å². The van der Waals surface area contributed by atoms with E-state index in [1.165, 1.54) is 25.8 Å². The predicted molar refractivity (Wildman–Crippen MR) is 101 cm³/mol. The summed E-state index contributed by atoms with van der Waals surface area (Å²) in [4.78, 5) is 26.0. The quantitative estimate of drug-likeness (QED) is 0.775. The molecule has 2 N–H and O–H groups in total. The first-order valence-corrected chi connectivity index (χ1v) is 9.60. The summed E-state index contributed by atoms with van der Waals surface area (Å²) in [6, 6.07) is 7.02. The molecule has 2 saturated heterocycles. The molecule has 2 heterocycles. The molecule has 1 unspecified atom stereocenters. The summed E-state index contributed by atoms with van der Waals surface area (Å²) in [5.74, 6) is -2.34. The molecule has 0 aromatic heterocycles. The number of hydrogen-bond donors (Lipinski definition) is 2. The number of carbonyl (C=O) groups is 2. The molecular weight excluding hydrogens is 389 g/mol. The van der Waals surface area contributed by atoms with Crippen LogP contribution in [0.3, 0.4) is 0 Å². The summed E-state index contributed by atoms with van der Waals surface area (Å²) in [6.45, 7) is 2.92. The number of aromatic hydroxyl groups is 1. The highest BCUT2D eigenvalue weighted by Gasteiger charge is 2.40. The lowest BCUT2D eigenvalue weighted by Gasteiger charge is -2.35. The van der Waals surface area contributed by atoms with Gasteiger partial charge in [-0.15, -0.1) is 0 Å². The Morgan fingerprint density at radius 2 is 1.72 bits per heavy atom. The van der Waals surface area contributed by atoms with Crippen molar-refractivity contribution in [1.82, 2.24) is 9.80 Å². The average Bonchev–Trinajstić information content (AvgIpc) is 2.85. The number of rotatable bonds is 2. The third-order valence-electron chi connectivity index (χ3n) is 5.72. The Bertz CT molecular complexity index is 726. The molecule has 9 heteroatoms. The monoisotopic (exact) mass is 416 g/mol. The normalized spacial score (nSPS) is 22.7. The number of alkyl halides is 3. The molecule has 29 heavy (non-hydrogen) atoms. The van der Waals surface area contributed by atoms with E-state index in [-0.39, 0.29) is 11.7 Å². The van der Waals surface area contributed by atoms with Crippen LogP contribution in [0.4, 0.5) is 13.2 Å². The fraction of sp³-hybridized carbons (Fsp3) is 0.600. The summed E-state index contributed by atoms with van der Waals surface area (Å²) in [5, 5.41) is 16.6. The zero-order valence-corrected chi connectivity index (χ0v) is 16.4. The Balaban J connectivity index is 0.000000370. The van der Waals surface area contributed by atoms with Gasteiger partial charge in [-0.05, 0) is 63.4 Å². The lowest BCUT2D eigenvalue weighted by molar-refractivity contribution is -0.192. The second-order valence-electron chi connectivity index (χ2n) is 7.63. The molecule has 1 atom stereocenters. The standard InChI is InChI=1S/C18H26N2O2.C2HF3O2/c1-19-10-3-7-18(19)8-4-11-20(12-9-18)17(22)14-15-5-2-6-16(21)13-15;3-2(4,5)1(6)7/h2,5-6,13,21H,3-4,7-12,14H2,1H3;(H,6,7). The lowest BCUT2D eigenvalue weighted by atomic mass is 9.88. The molecule has 162 valence electrons. The van der Waals surface area contributed by atoms with Crippen molar-refractivity contribution in [2.75, 3.05) is 26.7 Å². The average molecular weight is 416 g/mol. The molecule has 6 nitrogen and oxygen atoms in total. The minimum atomic E-state index is -5.08. The first-order chi connectivity index (χ1) is 13.5. The van der Waals surface area contributed by atoms with Crippen molar-refractivity contribution in [2.24, 2.45) is 0 Å². The van der Waals surface area contributed by atoms with Gasteiger partial charge >= 0.3 is 12.1 Å². The molecular formula is C20H27F3N2O4. The fourth-order valence-corrected chi connectivity index (χ4v) is 4.09. The zero-order chi connectivity index (χ0) is 21.7. The van der Waals surface area contributed by atoms with Gasteiger partial charge in [0.2, 0.25) is 5.91 Å². The summed E-state index contributed by atoms with van der Waals surface area (Å²) in [5.41, 5.74) is 1.22. The molecule has 1 amide bonds. The SMILES string of the molecule is CN1CCCC12CCCN(C(=O)Cc1cccc(O)c1)CC2.O=C(O)C(F)(F)F.